The van der Waals surface area contributed by atoms with Crippen molar-refractivity contribution in [3.63, 3.8) is 0 Å². The number of carbonyl (C=O) groups is 1. The molecule has 0 aliphatic rings. The molecule has 0 aliphatic heterocycles. The van der Waals surface area contributed by atoms with Crippen LogP contribution in [-0.2, 0) is 11.3 Å². The average molecular weight is 355 g/mol. The van der Waals surface area contributed by atoms with Gasteiger partial charge in [-0.3, -0.25) is 4.79 Å². The minimum Gasteiger partial charge on any atom is -0.494 e. The van der Waals surface area contributed by atoms with Crippen molar-refractivity contribution in [2.24, 2.45) is 0 Å². The zero-order chi connectivity index (χ0) is 17.5. The largest absolute Gasteiger partial charge is 0.494 e. The monoisotopic (exact) mass is 355 g/mol. The first-order valence-corrected chi connectivity index (χ1v) is 9.12. The normalized spacial score (nSPS) is 10.6. The van der Waals surface area contributed by atoms with Gasteiger partial charge in [0.05, 0.1) is 19.3 Å². The molecule has 0 saturated carbocycles. The molecule has 0 fully saturated rings. The summed E-state index contributed by atoms with van der Waals surface area (Å²) >= 11 is 1.67. The highest BCUT2D eigenvalue weighted by molar-refractivity contribution is 7.09. The molecule has 0 aliphatic carbocycles. The lowest BCUT2D eigenvalue weighted by molar-refractivity contribution is -0.116. The van der Waals surface area contributed by atoms with Crippen LogP contribution >= 0.6 is 11.3 Å². The number of benzene rings is 1. The predicted octanol–water partition coefficient (Wildman–Crippen LogP) is 4.10. The lowest BCUT2D eigenvalue weighted by Gasteiger charge is -2.09. The fourth-order valence-corrected chi connectivity index (χ4v) is 3.13. The summed E-state index contributed by atoms with van der Waals surface area (Å²) in [4.78, 5) is 13.3. The Labute approximate surface area is 151 Å². The standard InChI is InChI=1S/C19H21N3O2S/c1-15-5-2-6-16(13-15)24-11-3-8-19(23)21-18-9-10-20-22(18)14-17-7-4-12-25-17/h2,4-7,9-10,12-13H,3,8,11,14H2,1H3,(H,21,23). The van der Waals surface area contributed by atoms with E-state index >= 15 is 0 Å². The zero-order valence-electron chi connectivity index (χ0n) is 14.1. The summed E-state index contributed by atoms with van der Waals surface area (Å²) in [7, 11) is 0. The summed E-state index contributed by atoms with van der Waals surface area (Å²) in [5.74, 6) is 1.54. The van der Waals surface area contributed by atoms with Crippen molar-refractivity contribution < 1.29 is 9.53 Å². The molecule has 5 nitrogen and oxygen atoms in total. The van der Waals surface area contributed by atoms with E-state index < -0.39 is 0 Å². The number of anilines is 1. The van der Waals surface area contributed by atoms with Crippen LogP contribution < -0.4 is 10.1 Å². The Balaban J connectivity index is 1.43. The van der Waals surface area contributed by atoms with Gasteiger partial charge in [0.2, 0.25) is 5.91 Å². The summed E-state index contributed by atoms with van der Waals surface area (Å²) in [5.41, 5.74) is 1.16. The van der Waals surface area contributed by atoms with E-state index in [1.54, 1.807) is 22.2 Å². The van der Waals surface area contributed by atoms with Crippen LogP contribution in [0, 0.1) is 6.92 Å². The summed E-state index contributed by atoms with van der Waals surface area (Å²) in [6.07, 6.45) is 2.78. The van der Waals surface area contributed by atoms with Gasteiger partial charge in [-0.05, 0) is 42.5 Å². The van der Waals surface area contributed by atoms with Crippen LogP contribution in [0.15, 0.2) is 54.0 Å². The quantitative estimate of drug-likeness (QED) is 0.619. The van der Waals surface area contributed by atoms with Crippen molar-refractivity contribution in [3.05, 3.63) is 64.5 Å². The third kappa shape index (κ3) is 5.19. The smallest absolute Gasteiger partial charge is 0.225 e. The van der Waals surface area contributed by atoms with E-state index in [4.69, 9.17) is 4.74 Å². The molecule has 0 bridgehead atoms. The number of hydrogen-bond acceptors (Lipinski definition) is 4. The number of nitrogens with one attached hydrogen (secondary N) is 1. The second-order valence-electron chi connectivity index (χ2n) is 5.77. The Kier molecular flexibility index (Phi) is 5.85. The van der Waals surface area contributed by atoms with E-state index in [-0.39, 0.29) is 5.91 Å². The first-order valence-electron chi connectivity index (χ1n) is 8.24. The molecule has 25 heavy (non-hydrogen) atoms. The highest BCUT2D eigenvalue weighted by Gasteiger charge is 2.08. The van der Waals surface area contributed by atoms with Crippen LogP contribution in [0.3, 0.4) is 0 Å². The van der Waals surface area contributed by atoms with Gasteiger partial charge >= 0.3 is 0 Å². The van der Waals surface area contributed by atoms with Crippen molar-refractivity contribution in [2.45, 2.75) is 26.3 Å². The van der Waals surface area contributed by atoms with Gasteiger partial charge < -0.3 is 10.1 Å². The molecule has 2 heterocycles. The van der Waals surface area contributed by atoms with E-state index in [9.17, 15) is 4.79 Å². The molecule has 3 aromatic rings. The van der Waals surface area contributed by atoms with E-state index in [1.165, 1.54) is 4.88 Å². The third-order valence-corrected chi connectivity index (χ3v) is 4.54. The number of hydrogen-bond donors (Lipinski definition) is 1. The first kappa shape index (κ1) is 17.2. The summed E-state index contributed by atoms with van der Waals surface area (Å²) in [5, 5.41) is 9.23. The van der Waals surface area contributed by atoms with E-state index in [0.29, 0.717) is 26.0 Å². The zero-order valence-corrected chi connectivity index (χ0v) is 15.0. The topological polar surface area (TPSA) is 56.1 Å². The Morgan fingerprint density at radius 3 is 3.00 bits per heavy atom. The fraction of sp³-hybridized carbons (Fsp3) is 0.263. The number of amides is 1. The van der Waals surface area contributed by atoms with Crippen molar-refractivity contribution in [2.75, 3.05) is 11.9 Å². The number of ether oxygens (including phenoxy) is 1. The second kappa shape index (κ2) is 8.48. The minimum absolute atomic E-state index is 0.0271. The summed E-state index contributed by atoms with van der Waals surface area (Å²) in [6.45, 7) is 3.21. The molecule has 130 valence electrons. The summed E-state index contributed by atoms with van der Waals surface area (Å²) in [6, 6.07) is 13.8. The molecule has 0 saturated heterocycles. The molecule has 0 atom stereocenters. The third-order valence-electron chi connectivity index (χ3n) is 3.68. The number of aryl methyl sites for hydroxylation is 1. The molecule has 1 N–H and O–H groups in total. The van der Waals surface area contributed by atoms with Crippen molar-refractivity contribution in [1.29, 1.82) is 0 Å². The molecule has 2 aromatic heterocycles. The number of thiophene rings is 1. The van der Waals surface area contributed by atoms with Crippen LogP contribution in [0.25, 0.3) is 0 Å². The van der Waals surface area contributed by atoms with Gasteiger partial charge in [-0.2, -0.15) is 5.10 Å². The van der Waals surface area contributed by atoms with Gasteiger partial charge in [-0.25, -0.2) is 4.68 Å². The van der Waals surface area contributed by atoms with Crippen LogP contribution in [0.5, 0.6) is 5.75 Å². The van der Waals surface area contributed by atoms with Gasteiger partial charge in [0.1, 0.15) is 11.6 Å². The Bertz CT molecular complexity index is 812. The number of rotatable bonds is 8. The van der Waals surface area contributed by atoms with Gasteiger partial charge in [0.15, 0.2) is 0 Å². The van der Waals surface area contributed by atoms with Crippen LogP contribution in [0.4, 0.5) is 5.82 Å². The molecule has 0 spiro atoms. The Hall–Kier alpha value is -2.60. The second-order valence-corrected chi connectivity index (χ2v) is 6.80. The fourth-order valence-electron chi connectivity index (χ4n) is 2.45. The Morgan fingerprint density at radius 1 is 1.28 bits per heavy atom. The lowest BCUT2D eigenvalue weighted by Crippen LogP contribution is -2.16. The number of nitrogens with zero attached hydrogens (tertiary/aromatic N) is 2. The average Bonchev–Trinajstić information content (AvgIpc) is 3.25. The maximum Gasteiger partial charge on any atom is 0.225 e. The molecular weight excluding hydrogens is 334 g/mol. The molecule has 0 radical (unpaired) electrons. The van der Waals surface area contributed by atoms with E-state index in [1.807, 2.05) is 48.7 Å². The summed E-state index contributed by atoms with van der Waals surface area (Å²) < 4.78 is 7.47. The van der Waals surface area contributed by atoms with Crippen LogP contribution in [0.1, 0.15) is 23.3 Å². The first-order chi connectivity index (χ1) is 12.2. The van der Waals surface area contributed by atoms with Crippen LogP contribution in [0.2, 0.25) is 0 Å². The lowest BCUT2D eigenvalue weighted by atomic mass is 10.2. The highest BCUT2D eigenvalue weighted by atomic mass is 32.1. The van der Waals surface area contributed by atoms with Crippen molar-refractivity contribution in [1.82, 2.24) is 9.78 Å². The molecule has 3 rings (SSSR count). The minimum atomic E-state index is -0.0271. The van der Waals surface area contributed by atoms with Gasteiger partial charge in [0.25, 0.3) is 0 Å². The van der Waals surface area contributed by atoms with Crippen molar-refractivity contribution in [3.8, 4) is 5.75 Å². The molecule has 0 unspecified atom stereocenters. The molecular formula is C19H21N3O2S. The maximum atomic E-state index is 12.1. The molecule has 1 amide bonds. The Morgan fingerprint density at radius 2 is 2.20 bits per heavy atom. The van der Waals surface area contributed by atoms with Gasteiger partial charge in [-0.1, -0.05) is 18.2 Å². The molecule has 6 heteroatoms. The van der Waals surface area contributed by atoms with Gasteiger partial charge in [0, 0.05) is 17.4 Å². The van der Waals surface area contributed by atoms with E-state index in [0.717, 1.165) is 17.1 Å². The van der Waals surface area contributed by atoms with E-state index in [2.05, 4.69) is 16.5 Å². The van der Waals surface area contributed by atoms with Gasteiger partial charge in [-0.15, -0.1) is 11.3 Å². The number of carbonyl (C=O) groups excluding carboxylic acids is 1. The molecule has 1 aromatic carbocycles. The number of aromatic nitrogens is 2. The SMILES string of the molecule is Cc1cccc(OCCCC(=O)Nc2ccnn2Cc2cccs2)c1. The maximum absolute atomic E-state index is 12.1. The van der Waals surface area contributed by atoms with Crippen LogP contribution in [-0.4, -0.2) is 22.3 Å². The van der Waals surface area contributed by atoms with Crippen molar-refractivity contribution >= 4 is 23.1 Å². The predicted molar refractivity (Wildman–Crippen MR) is 100 cm³/mol. The highest BCUT2D eigenvalue weighted by Crippen LogP contribution is 2.15.